The van der Waals surface area contributed by atoms with E-state index in [9.17, 15) is 8.42 Å². The predicted octanol–water partition coefficient (Wildman–Crippen LogP) is 3.33. The van der Waals surface area contributed by atoms with Gasteiger partial charge in [0, 0.05) is 48.9 Å². The molecule has 0 radical (unpaired) electrons. The fourth-order valence-corrected chi connectivity index (χ4v) is 5.86. The average molecular weight is 437 g/mol. The zero-order chi connectivity index (χ0) is 20.6. The Bertz CT molecular complexity index is 1020. The number of benzene rings is 2. The Morgan fingerprint density at radius 1 is 1.07 bits per heavy atom. The molecule has 0 atom stereocenters. The summed E-state index contributed by atoms with van der Waals surface area (Å²) < 4.78 is 38.9. The molecular weight excluding hydrogens is 412 g/mol. The Morgan fingerprint density at radius 3 is 2.59 bits per heavy atom. The highest BCUT2D eigenvalue weighted by Crippen LogP contribution is 2.33. The molecule has 0 amide bonds. The van der Waals surface area contributed by atoms with Gasteiger partial charge in [0.2, 0.25) is 10.0 Å². The summed E-state index contributed by atoms with van der Waals surface area (Å²) in [6.07, 6.45) is 0. The molecule has 2 aliphatic rings. The lowest BCUT2D eigenvalue weighted by molar-refractivity contribution is -0.0175. The second-order valence-corrected chi connectivity index (χ2v) is 9.96. The number of rotatable bonds is 4. The van der Waals surface area contributed by atoms with Crippen LogP contribution < -0.4 is 4.74 Å². The van der Waals surface area contributed by atoms with Gasteiger partial charge in [-0.15, -0.1) is 0 Å². The molecule has 1 fully saturated rings. The van der Waals surface area contributed by atoms with Gasteiger partial charge < -0.3 is 9.47 Å². The Morgan fingerprint density at radius 2 is 1.83 bits per heavy atom. The lowest BCUT2D eigenvalue weighted by Crippen LogP contribution is -2.48. The lowest BCUT2D eigenvalue weighted by atomic mass is 10.1. The summed E-state index contributed by atoms with van der Waals surface area (Å²) in [5.74, 6) is 0.839. The third-order valence-corrected chi connectivity index (χ3v) is 7.70. The van der Waals surface area contributed by atoms with Crippen LogP contribution in [0.1, 0.15) is 22.3 Å². The molecule has 8 heteroatoms. The maximum atomic E-state index is 13.1. The Balaban J connectivity index is 1.46. The van der Waals surface area contributed by atoms with Gasteiger partial charge in [-0.3, -0.25) is 4.90 Å². The van der Waals surface area contributed by atoms with Crippen molar-refractivity contribution in [1.29, 1.82) is 0 Å². The molecule has 2 aliphatic heterocycles. The molecule has 2 aromatic rings. The van der Waals surface area contributed by atoms with Crippen molar-refractivity contribution in [1.82, 2.24) is 9.21 Å². The maximum Gasteiger partial charge on any atom is 0.243 e. The minimum atomic E-state index is -3.49. The summed E-state index contributed by atoms with van der Waals surface area (Å²) in [5, 5.41) is 0.656. The normalized spacial score (nSPS) is 18.3. The van der Waals surface area contributed by atoms with Crippen molar-refractivity contribution in [2.75, 3.05) is 33.0 Å². The van der Waals surface area contributed by atoms with Crippen LogP contribution in [0.25, 0.3) is 0 Å². The molecule has 0 bridgehead atoms. The lowest BCUT2D eigenvalue weighted by Gasteiger charge is -2.35. The minimum absolute atomic E-state index is 0.240. The second kappa shape index (κ2) is 8.24. The molecule has 0 aliphatic carbocycles. The van der Waals surface area contributed by atoms with Gasteiger partial charge in [0.15, 0.2) is 6.79 Å². The first-order chi connectivity index (χ1) is 13.8. The molecule has 0 spiro atoms. The van der Waals surface area contributed by atoms with Gasteiger partial charge in [-0.1, -0.05) is 23.7 Å². The number of piperazine rings is 1. The number of ether oxygens (including phenoxy) is 2. The van der Waals surface area contributed by atoms with Crippen molar-refractivity contribution < 1.29 is 17.9 Å². The summed E-state index contributed by atoms with van der Waals surface area (Å²) in [6, 6.07) is 9.35. The van der Waals surface area contributed by atoms with Crippen LogP contribution in [0.4, 0.5) is 0 Å². The van der Waals surface area contributed by atoms with Gasteiger partial charge in [-0.05, 0) is 43.2 Å². The van der Waals surface area contributed by atoms with E-state index in [4.69, 9.17) is 21.1 Å². The molecule has 156 valence electrons. The summed E-state index contributed by atoms with van der Waals surface area (Å²) in [7, 11) is -3.49. The van der Waals surface area contributed by atoms with E-state index in [0.29, 0.717) is 49.2 Å². The monoisotopic (exact) mass is 436 g/mol. The highest BCUT2D eigenvalue weighted by molar-refractivity contribution is 7.89. The van der Waals surface area contributed by atoms with E-state index >= 15 is 0 Å². The van der Waals surface area contributed by atoms with E-state index in [1.54, 1.807) is 10.4 Å². The minimum Gasteiger partial charge on any atom is -0.467 e. The Hall–Kier alpha value is -1.64. The Labute approximate surface area is 177 Å². The van der Waals surface area contributed by atoms with E-state index in [1.807, 2.05) is 38.1 Å². The van der Waals surface area contributed by atoms with E-state index < -0.39 is 10.0 Å². The van der Waals surface area contributed by atoms with Gasteiger partial charge >= 0.3 is 0 Å². The smallest absolute Gasteiger partial charge is 0.243 e. The first-order valence-corrected chi connectivity index (χ1v) is 11.5. The summed E-state index contributed by atoms with van der Waals surface area (Å²) in [4.78, 5) is 2.64. The fraction of sp³-hybridized carbons (Fsp3) is 0.429. The Kier molecular flexibility index (Phi) is 5.86. The van der Waals surface area contributed by atoms with Crippen molar-refractivity contribution in [3.8, 4) is 5.75 Å². The maximum absolute atomic E-state index is 13.1. The van der Waals surface area contributed by atoms with E-state index in [-0.39, 0.29) is 6.79 Å². The average Bonchev–Trinajstić information content (AvgIpc) is 2.70. The number of sulfonamides is 1. The van der Waals surface area contributed by atoms with Gasteiger partial charge in [0.25, 0.3) is 0 Å². The van der Waals surface area contributed by atoms with Gasteiger partial charge in [0.05, 0.1) is 11.5 Å². The topological polar surface area (TPSA) is 59.1 Å². The molecule has 0 aromatic heterocycles. The second-order valence-electron chi connectivity index (χ2n) is 7.61. The van der Waals surface area contributed by atoms with Crippen molar-refractivity contribution in [3.05, 3.63) is 57.6 Å². The third kappa shape index (κ3) is 4.29. The zero-order valence-electron chi connectivity index (χ0n) is 16.7. The van der Waals surface area contributed by atoms with Crippen molar-refractivity contribution in [3.63, 3.8) is 0 Å². The summed E-state index contributed by atoms with van der Waals surface area (Å²) >= 11 is 6.26. The highest BCUT2D eigenvalue weighted by Gasteiger charge is 2.30. The quantitative estimate of drug-likeness (QED) is 0.735. The van der Waals surface area contributed by atoms with Crippen LogP contribution in [0.15, 0.2) is 35.2 Å². The molecule has 4 rings (SSSR count). The van der Waals surface area contributed by atoms with Crippen LogP contribution in [-0.4, -0.2) is 50.6 Å². The summed E-state index contributed by atoms with van der Waals surface area (Å²) in [6.45, 7) is 7.38. The molecule has 0 N–H and O–H groups in total. The van der Waals surface area contributed by atoms with Crippen molar-refractivity contribution >= 4 is 21.6 Å². The first-order valence-electron chi connectivity index (χ1n) is 9.66. The zero-order valence-corrected chi connectivity index (χ0v) is 18.2. The van der Waals surface area contributed by atoms with Crippen molar-refractivity contribution in [2.45, 2.75) is 31.9 Å². The van der Waals surface area contributed by atoms with Crippen LogP contribution in [0, 0.1) is 13.8 Å². The van der Waals surface area contributed by atoms with Gasteiger partial charge in [-0.2, -0.15) is 4.31 Å². The molecule has 2 aromatic carbocycles. The summed E-state index contributed by atoms with van der Waals surface area (Å²) in [5.41, 5.74) is 3.70. The third-order valence-electron chi connectivity index (χ3n) is 5.44. The van der Waals surface area contributed by atoms with E-state index in [2.05, 4.69) is 4.90 Å². The largest absolute Gasteiger partial charge is 0.467 e. The molecular formula is C21H25ClN2O4S. The van der Waals surface area contributed by atoms with Crippen LogP contribution in [0.5, 0.6) is 5.75 Å². The molecule has 0 unspecified atom stereocenters. The van der Waals surface area contributed by atoms with Crippen LogP contribution in [0.3, 0.4) is 0 Å². The van der Waals surface area contributed by atoms with Gasteiger partial charge in [0.1, 0.15) is 5.75 Å². The fourth-order valence-electron chi connectivity index (χ4n) is 3.87. The van der Waals surface area contributed by atoms with Crippen LogP contribution in [-0.2, 0) is 27.9 Å². The number of fused-ring (bicyclic) bond motifs is 1. The molecule has 2 heterocycles. The molecule has 0 saturated carbocycles. The highest BCUT2D eigenvalue weighted by atomic mass is 35.5. The van der Waals surface area contributed by atoms with Gasteiger partial charge in [-0.25, -0.2) is 8.42 Å². The number of halogens is 1. The molecule has 6 nitrogen and oxygen atoms in total. The number of aryl methyl sites for hydroxylation is 2. The molecule has 29 heavy (non-hydrogen) atoms. The SMILES string of the molecule is Cc1ccc(C)c(S(=O)(=O)N2CCN(Cc3cc(Cl)cc4c3OCOC4)CC2)c1. The number of nitrogens with zero attached hydrogens (tertiary/aromatic N) is 2. The van der Waals surface area contributed by atoms with E-state index in [1.165, 1.54) is 0 Å². The molecule has 1 saturated heterocycles. The standard InChI is InChI=1S/C21H25ClN2O4S/c1-15-3-4-16(2)20(9-15)29(25,26)24-7-5-23(6-8-24)12-17-10-19(22)11-18-13-27-14-28-21(17)18/h3-4,9-11H,5-8,12-14H2,1-2H3. The van der Waals surface area contributed by atoms with E-state index in [0.717, 1.165) is 28.0 Å². The predicted molar refractivity (Wildman–Crippen MR) is 112 cm³/mol. The van der Waals surface area contributed by atoms with Crippen molar-refractivity contribution in [2.24, 2.45) is 0 Å². The van der Waals surface area contributed by atoms with Crippen LogP contribution in [0.2, 0.25) is 5.02 Å². The van der Waals surface area contributed by atoms with Crippen LogP contribution >= 0.6 is 11.6 Å². The number of hydrogen-bond donors (Lipinski definition) is 0. The number of hydrogen-bond acceptors (Lipinski definition) is 5. The first kappa shape index (κ1) is 20.6.